The number of anilines is 1. The van der Waals surface area contributed by atoms with E-state index in [1.54, 1.807) is 16.6 Å². The monoisotopic (exact) mass is 579 g/mol. The van der Waals surface area contributed by atoms with Crippen molar-refractivity contribution in [2.45, 2.75) is 64.0 Å². The van der Waals surface area contributed by atoms with Gasteiger partial charge in [-0.15, -0.1) is 0 Å². The first-order chi connectivity index (χ1) is 19.3. The molecule has 0 atom stereocenters. The Hall–Kier alpha value is -3.54. The lowest BCUT2D eigenvalue weighted by Gasteiger charge is -2.39. The van der Waals surface area contributed by atoms with Gasteiger partial charge in [0.05, 0.1) is 23.1 Å². The molecule has 2 amide bonds. The third-order valence-corrected chi connectivity index (χ3v) is 8.81. The predicted octanol–water partition coefficient (Wildman–Crippen LogP) is 2.69. The average Bonchev–Trinajstić information content (AvgIpc) is 3.67. The summed E-state index contributed by atoms with van der Waals surface area (Å²) in [5.41, 5.74) is 3.71. The third-order valence-electron chi connectivity index (χ3n) is 7.60. The fourth-order valence-electron chi connectivity index (χ4n) is 5.52. The van der Waals surface area contributed by atoms with Gasteiger partial charge in [0.1, 0.15) is 19.1 Å². The zero-order valence-corrected chi connectivity index (χ0v) is 25.4. The number of aromatic nitrogens is 2. The molecule has 2 fully saturated rings. The molecule has 218 valence electrons. The van der Waals surface area contributed by atoms with E-state index in [1.165, 1.54) is 10.6 Å². The van der Waals surface area contributed by atoms with Crippen LogP contribution in [-0.2, 0) is 14.8 Å². The minimum atomic E-state index is -3.68. The Labute approximate surface area is 242 Å². The Morgan fingerprint density at radius 2 is 1.71 bits per heavy atom. The molecule has 2 heterocycles. The van der Waals surface area contributed by atoms with Crippen LogP contribution in [0.25, 0.3) is 16.6 Å². The van der Waals surface area contributed by atoms with Crippen LogP contribution in [0.2, 0.25) is 0 Å². The molecule has 0 bridgehead atoms. The summed E-state index contributed by atoms with van der Waals surface area (Å²) in [4.78, 5) is 27.4. The van der Waals surface area contributed by atoms with E-state index in [2.05, 4.69) is 5.32 Å². The van der Waals surface area contributed by atoms with E-state index >= 15 is 0 Å². The third kappa shape index (κ3) is 6.07. The Morgan fingerprint density at radius 3 is 2.24 bits per heavy atom. The maximum Gasteiger partial charge on any atom is 0.410 e. The Kier molecular flexibility index (Phi) is 7.56. The number of carbonyl (C=O) groups is 2. The van der Waals surface area contributed by atoms with Gasteiger partial charge in [0.2, 0.25) is 10.0 Å². The van der Waals surface area contributed by atoms with E-state index in [0.717, 1.165) is 29.6 Å². The minimum Gasteiger partial charge on any atom is -0.444 e. The minimum absolute atomic E-state index is 0.209. The zero-order chi connectivity index (χ0) is 29.7. The van der Waals surface area contributed by atoms with Gasteiger partial charge in [-0.05, 0) is 82.2 Å². The second-order valence-corrected chi connectivity index (χ2v) is 14.0. The van der Waals surface area contributed by atoms with Crippen LogP contribution in [0.4, 0.5) is 10.5 Å². The fourth-order valence-corrected chi connectivity index (χ4v) is 6.78. The number of piperidine rings is 1. The summed E-state index contributed by atoms with van der Waals surface area (Å²) >= 11 is 0. The number of carbonyl (C=O) groups excluding carboxylic acids is 2. The van der Waals surface area contributed by atoms with Crippen molar-refractivity contribution in [3.63, 3.8) is 0 Å². The molecule has 2 aliphatic rings. The molecular formula is C29H38BN5O5S. The van der Waals surface area contributed by atoms with Crippen molar-refractivity contribution in [3.8, 4) is 5.69 Å². The number of likely N-dealkylation sites (tertiary alicyclic amines) is 1. The SMILES string of the molecule is Bc1ccc(-n2nc3cc(N(C4CCN(C(=O)OC(C)(C)C)CC4)S(C)(=O)=O)c(C4CC4)cc3c2C(=O)NC)cc1. The second kappa shape index (κ2) is 10.7. The molecule has 1 N–H and O–H groups in total. The van der Waals surface area contributed by atoms with Gasteiger partial charge in [0.15, 0.2) is 0 Å². The van der Waals surface area contributed by atoms with Gasteiger partial charge >= 0.3 is 6.09 Å². The number of benzene rings is 2. The van der Waals surface area contributed by atoms with E-state index in [0.29, 0.717) is 48.2 Å². The number of nitrogens with one attached hydrogen (secondary N) is 1. The molecule has 1 saturated carbocycles. The highest BCUT2D eigenvalue weighted by Crippen LogP contribution is 2.47. The number of nitrogens with zero attached hydrogens (tertiary/aromatic N) is 4. The van der Waals surface area contributed by atoms with Gasteiger partial charge in [-0.2, -0.15) is 5.10 Å². The number of fused-ring (bicyclic) bond motifs is 1. The Morgan fingerprint density at radius 1 is 1.07 bits per heavy atom. The van der Waals surface area contributed by atoms with Crippen LogP contribution in [0, 0.1) is 0 Å². The standard InChI is InChI=1S/C29H38BN5O5S/c1-29(2,3)40-28(37)33-14-12-21(13-15-33)35(41(5,38)39)25-17-24-23(16-22(25)18-6-7-18)26(27(36)31-4)34(32-24)20-10-8-19(30)9-11-20/h8-11,16-18,21H,6-7,12-15,30H2,1-5H3,(H,31,36). The summed E-state index contributed by atoms with van der Waals surface area (Å²) in [6, 6.07) is 11.2. The highest BCUT2D eigenvalue weighted by atomic mass is 32.2. The predicted molar refractivity (Wildman–Crippen MR) is 163 cm³/mol. The van der Waals surface area contributed by atoms with Crippen molar-refractivity contribution in [3.05, 3.63) is 47.7 Å². The van der Waals surface area contributed by atoms with Crippen molar-refractivity contribution in [1.29, 1.82) is 0 Å². The normalized spacial score (nSPS) is 16.6. The topological polar surface area (TPSA) is 114 Å². The van der Waals surface area contributed by atoms with Gasteiger partial charge in [-0.1, -0.05) is 17.6 Å². The van der Waals surface area contributed by atoms with Gasteiger partial charge in [0, 0.05) is 31.6 Å². The first kappa shape index (κ1) is 29.0. The first-order valence-electron chi connectivity index (χ1n) is 14.1. The van der Waals surface area contributed by atoms with Crippen molar-refractivity contribution in [2.24, 2.45) is 0 Å². The lowest BCUT2D eigenvalue weighted by molar-refractivity contribution is 0.0207. The zero-order valence-electron chi connectivity index (χ0n) is 24.6. The Bertz CT molecular complexity index is 1580. The molecule has 41 heavy (non-hydrogen) atoms. The van der Waals surface area contributed by atoms with Crippen molar-refractivity contribution in [2.75, 3.05) is 30.7 Å². The number of rotatable bonds is 6. The maximum atomic E-state index is 13.4. The molecule has 1 saturated heterocycles. The molecule has 12 heteroatoms. The summed E-state index contributed by atoms with van der Waals surface area (Å²) in [5, 5.41) is 8.23. The summed E-state index contributed by atoms with van der Waals surface area (Å²) in [5.74, 6) is -0.0576. The second-order valence-electron chi connectivity index (χ2n) is 12.1. The number of hydrogen-bond donors (Lipinski definition) is 1. The van der Waals surface area contributed by atoms with Crippen LogP contribution < -0.4 is 15.1 Å². The van der Waals surface area contributed by atoms with Crippen molar-refractivity contribution in [1.82, 2.24) is 20.0 Å². The molecule has 1 aliphatic carbocycles. The molecule has 0 spiro atoms. The van der Waals surface area contributed by atoms with Crippen LogP contribution in [0.5, 0.6) is 0 Å². The summed E-state index contributed by atoms with van der Waals surface area (Å²) < 4.78 is 35.4. The van der Waals surface area contributed by atoms with E-state index in [4.69, 9.17) is 9.84 Å². The van der Waals surface area contributed by atoms with Gasteiger partial charge in [0.25, 0.3) is 5.91 Å². The lowest BCUT2D eigenvalue weighted by Crippen LogP contribution is -2.49. The summed E-state index contributed by atoms with van der Waals surface area (Å²) in [6.45, 7) is 6.28. The molecule has 10 nitrogen and oxygen atoms in total. The number of ether oxygens (including phenoxy) is 1. The van der Waals surface area contributed by atoms with Gasteiger partial charge < -0.3 is 15.0 Å². The summed E-state index contributed by atoms with van der Waals surface area (Å²) in [7, 11) is -0.0933. The van der Waals surface area contributed by atoms with Crippen LogP contribution in [0.15, 0.2) is 36.4 Å². The van der Waals surface area contributed by atoms with E-state index < -0.39 is 15.6 Å². The molecule has 0 unspecified atom stereocenters. The maximum absolute atomic E-state index is 13.4. The van der Waals surface area contributed by atoms with E-state index in [1.807, 2.05) is 65.0 Å². The quantitative estimate of drug-likeness (QED) is 0.450. The Balaban J connectivity index is 1.57. The number of hydrogen-bond acceptors (Lipinski definition) is 6. The molecule has 1 aromatic heterocycles. The van der Waals surface area contributed by atoms with Crippen molar-refractivity contribution >= 4 is 51.9 Å². The molecule has 5 rings (SSSR count). The molecule has 1 aliphatic heterocycles. The number of sulfonamides is 1. The lowest BCUT2D eigenvalue weighted by atomic mass is 9.96. The van der Waals surface area contributed by atoms with E-state index in [-0.39, 0.29) is 24.0 Å². The first-order valence-corrected chi connectivity index (χ1v) is 15.9. The largest absolute Gasteiger partial charge is 0.444 e. The fraction of sp³-hybridized carbons (Fsp3) is 0.483. The smallest absolute Gasteiger partial charge is 0.410 e. The van der Waals surface area contributed by atoms with E-state index in [9.17, 15) is 18.0 Å². The van der Waals surface area contributed by atoms with Gasteiger partial charge in [-0.3, -0.25) is 9.10 Å². The summed E-state index contributed by atoms with van der Waals surface area (Å²) in [6.07, 6.45) is 3.72. The van der Waals surface area contributed by atoms with Gasteiger partial charge in [-0.25, -0.2) is 17.9 Å². The van der Waals surface area contributed by atoms with Crippen LogP contribution in [0.1, 0.15) is 68.4 Å². The van der Waals surface area contributed by atoms with Crippen molar-refractivity contribution < 1.29 is 22.7 Å². The molecule has 0 radical (unpaired) electrons. The highest BCUT2D eigenvalue weighted by molar-refractivity contribution is 7.92. The number of amides is 2. The highest BCUT2D eigenvalue weighted by Gasteiger charge is 2.38. The van der Waals surface area contributed by atoms with Crippen LogP contribution in [-0.4, -0.2) is 81.0 Å². The van der Waals surface area contributed by atoms with Crippen LogP contribution in [0.3, 0.4) is 0 Å². The average molecular weight is 580 g/mol. The molecule has 2 aromatic carbocycles. The molecule has 3 aromatic rings. The van der Waals surface area contributed by atoms with Crippen LogP contribution >= 0.6 is 0 Å². The molecular weight excluding hydrogens is 541 g/mol.